The summed E-state index contributed by atoms with van der Waals surface area (Å²) in [6.07, 6.45) is 1.50. The maximum atomic E-state index is 11.9. The standard InChI is InChI=1S/C18H27NO2/c1-12(2)19-17(20)21-16-11-10-15(18(3,4)5)13-8-6-7-9-14(13)16/h6-9,12,15-16H,10-11H2,1-5H3,(H,19,20). The number of rotatable bonds is 2. The summed E-state index contributed by atoms with van der Waals surface area (Å²) in [4.78, 5) is 11.9. The molecule has 0 bridgehead atoms. The number of ether oxygens (including phenoxy) is 1. The molecule has 1 aromatic rings. The Balaban J connectivity index is 2.21. The first-order chi connectivity index (χ1) is 9.79. The summed E-state index contributed by atoms with van der Waals surface area (Å²) < 4.78 is 5.64. The number of hydrogen-bond donors (Lipinski definition) is 1. The fourth-order valence-electron chi connectivity index (χ4n) is 3.17. The molecule has 2 rings (SSSR count). The molecular formula is C18H27NO2. The summed E-state index contributed by atoms with van der Waals surface area (Å²) in [6, 6.07) is 8.48. The summed E-state index contributed by atoms with van der Waals surface area (Å²) in [5.41, 5.74) is 2.72. The molecule has 0 spiro atoms. The normalized spacial score (nSPS) is 21.8. The predicted molar refractivity (Wildman–Crippen MR) is 85.4 cm³/mol. The van der Waals surface area contributed by atoms with Crippen LogP contribution in [0.2, 0.25) is 0 Å². The van der Waals surface area contributed by atoms with E-state index in [2.05, 4.69) is 44.3 Å². The second-order valence-corrected chi connectivity index (χ2v) is 7.32. The average Bonchev–Trinajstić information content (AvgIpc) is 2.36. The third-order valence-corrected chi connectivity index (χ3v) is 4.14. The number of nitrogens with one attached hydrogen (secondary N) is 1. The SMILES string of the molecule is CC(C)NC(=O)OC1CCC(C(C)(C)C)c2ccccc21. The van der Waals surface area contributed by atoms with Crippen LogP contribution in [-0.2, 0) is 4.74 Å². The smallest absolute Gasteiger partial charge is 0.407 e. The molecule has 1 N–H and O–H groups in total. The Morgan fingerprint density at radius 3 is 2.38 bits per heavy atom. The molecule has 116 valence electrons. The van der Waals surface area contributed by atoms with Crippen molar-refractivity contribution in [2.75, 3.05) is 0 Å². The van der Waals surface area contributed by atoms with Crippen LogP contribution < -0.4 is 5.32 Å². The Morgan fingerprint density at radius 2 is 1.81 bits per heavy atom. The van der Waals surface area contributed by atoms with Crippen molar-refractivity contribution < 1.29 is 9.53 Å². The van der Waals surface area contributed by atoms with Crippen LogP contribution >= 0.6 is 0 Å². The van der Waals surface area contributed by atoms with E-state index in [9.17, 15) is 4.79 Å². The van der Waals surface area contributed by atoms with Gasteiger partial charge in [-0.05, 0) is 49.1 Å². The highest BCUT2D eigenvalue weighted by molar-refractivity contribution is 5.68. The van der Waals surface area contributed by atoms with Crippen LogP contribution in [0.5, 0.6) is 0 Å². The van der Waals surface area contributed by atoms with E-state index in [1.54, 1.807) is 0 Å². The molecule has 1 aromatic carbocycles. The Morgan fingerprint density at radius 1 is 1.19 bits per heavy atom. The first kappa shape index (κ1) is 15.9. The fraction of sp³-hybridized carbons (Fsp3) is 0.611. The third kappa shape index (κ3) is 3.78. The van der Waals surface area contributed by atoms with Gasteiger partial charge in [0, 0.05) is 6.04 Å². The zero-order chi connectivity index (χ0) is 15.6. The molecule has 0 saturated heterocycles. The van der Waals surface area contributed by atoms with E-state index in [0.717, 1.165) is 12.8 Å². The highest BCUT2D eigenvalue weighted by Crippen LogP contribution is 2.47. The van der Waals surface area contributed by atoms with Gasteiger partial charge in [-0.3, -0.25) is 0 Å². The van der Waals surface area contributed by atoms with Crippen molar-refractivity contribution in [2.45, 2.75) is 65.5 Å². The Hall–Kier alpha value is -1.51. The summed E-state index contributed by atoms with van der Waals surface area (Å²) in [5.74, 6) is 0.515. The largest absolute Gasteiger partial charge is 0.441 e. The van der Waals surface area contributed by atoms with E-state index in [1.165, 1.54) is 11.1 Å². The van der Waals surface area contributed by atoms with Crippen molar-refractivity contribution in [1.82, 2.24) is 5.32 Å². The maximum absolute atomic E-state index is 11.9. The maximum Gasteiger partial charge on any atom is 0.407 e. The van der Waals surface area contributed by atoms with Gasteiger partial charge in [0.15, 0.2) is 0 Å². The van der Waals surface area contributed by atoms with Crippen molar-refractivity contribution in [3.05, 3.63) is 35.4 Å². The first-order valence-electron chi connectivity index (χ1n) is 7.85. The van der Waals surface area contributed by atoms with Gasteiger partial charge < -0.3 is 10.1 Å². The number of amides is 1. The summed E-state index contributed by atoms with van der Waals surface area (Å²) in [6.45, 7) is 10.7. The molecule has 3 nitrogen and oxygen atoms in total. The van der Waals surface area contributed by atoms with Gasteiger partial charge in [-0.25, -0.2) is 4.79 Å². The second kappa shape index (κ2) is 6.08. The number of alkyl carbamates (subject to hydrolysis) is 1. The summed E-state index contributed by atoms with van der Waals surface area (Å²) in [7, 11) is 0. The van der Waals surface area contributed by atoms with E-state index in [-0.39, 0.29) is 23.7 Å². The minimum Gasteiger partial charge on any atom is -0.441 e. The molecule has 1 amide bonds. The predicted octanol–water partition coefficient (Wildman–Crippen LogP) is 4.79. The van der Waals surface area contributed by atoms with Crippen LogP contribution in [0.1, 0.15) is 70.6 Å². The van der Waals surface area contributed by atoms with Gasteiger partial charge in [0.1, 0.15) is 6.10 Å². The topological polar surface area (TPSA) is 38.3 Å². The average molecular weight is 289 g/mol. The quantitative estimate of drug-likeness (QED) is 0.850. The molecule has 0 aliphatic heterocycles. The number of carbonyl (C=O) groups excluding carboxylic acids is 1. The van der Waals surface area contributed by atoms with Crippen LogP contribution in [0.3, 0.4) is 0 Å². The Labute approximate surface area is 128 Å². The molecule has 0 saturated carbocycles. The van der Waals surface area contributed by atoms with E-state index >= 15 is 0 Å². The lowest BCUT2D eigenvalue weighted by Crippen LogP contribution is -2.33. The van der Waals surface area contributed by atoms with Crippen LogP contribution in [0.25, 0.3) is 0 Å². The van der Waals surface area contributed by atoms with Crippen LogP contribution in [0.4, 0.5) is 4.79 Å². The molecule has 21 heavy (non-hydrogen) atoms. The van der Waals surface area contributed by atoms with Gasteiger partial charge in [-0.2, -0.15) is 0 Å². The van der Waals surface area contributed by atoms with Gasteiger partial charge >= 0.3 is 6.09 Å². The van der Waals surface area contributed by atoms with Crippen molar-refractivity contribution in [1.29, 1.82) is 0 Å². The van der Waals surface area contributed by atoms with Gasteiger partial charge in [0.25, 0.3) is 0 Å². The number of carbonyl (C=O) groups is 1. The lowest BCUT2D eigenvalue weighted by atomic mass is 9.69. The molecule has 0 heterocycles. The lowest BCUT2D eigenvalue weighted by Gasteiger charge is -2.38. The Bertz CT molecular complexity index is 502. The molecule has 3 heteroatoms. The van der Waals surface area contributed by atoms with Crippen molar-refractivity contribution in [3.8, 4) is 0 Å². The first-order valence-corrected chi connectivity index (χ1v) is 7.85. The molecular weight excluding hydrogens is 262 g/mol. The molecule has 0 aromatic heterocycles. The zero-order valence-electron chi connectivity index (χ0n) is 13.8. The second-order valence-electron chi connectivity index (χ2n) is 7.32. The third-order valence-electron chi connectivity index (χ3n) is 4.14. The summed E-state index contributed by atoms with van der Waals surface area (Å²) >= 11 is 0. The number of fused-ring (bicyclic) bond motifs is 1. The van der Waals surface area contributed by atoms with Crippen molar-refractivity contribution in [3.63, 3.8) is 0 Å². The minimum atomic E-state index is -0.320. The van der Waals surface area contributed by atoms with E-state index in [1.807, 2.05) is 19.9 Å². The van der Waals surface area contributed by atoms with E-state index < -0.39 is 0 Å². The lowest BCUT2D eigenvalue weighted by molar-refractivity contribution is 0.0775. The van der Waals surface area contributed by atoms with Crippen molar-refractivity contribution >= 4 is 6.09 Å². The molecule has 2 atom stereocenters. The van der Waals surface area contributed by atoms with Crippen molar-refractivity contribution in [2.24, 2.45) is 5.41 Å². The molecule has 0 fully saturated rings. The van der Waals surface area contributed by atoms with Gasteiger partial charge in [0.2, 0.25) is 0 Å². The fourth-order valence-corrected chi connectivity index (χ4v) is 3.17. The molecule has 0 radical (unpaired) electrons. The van der Waals surface area contributed by atoms with Crippen LogP contribution in [-0.4, -0.2) is 12.1 Å². The monoisotopic (exact) mass is 289 g/mol. The Kier molecular flexibility index (Phi) is 4.60. The van der Waals surface area contributed by atoms with Crippen LogP contribution in [0, 0.1) is 5.41 Å². The molecule has 1 aliphatic carbocycles. The van der Waals surface area contributed by atoms with Gasteiger partial charge in [-0.1, -0.05) is 45.0 Å². The highest BCUT2D eigenvalue weighted by Gasteiger charge is 2.35. The highest BCUT2D eigenvalue weighted by atomic mass is 16.6. The number of hydrogen-bond acceptors (Lipinski definition) is 2. The minimum absolute atomic E-state index is 0.0960. The van der Waals surface area contributed by atoms with Gasteiger partial charge in [0.05, 0.1) is 0 Å². The number of benzene rings is 1. The zero-order valence-corrected chi connectivity index (χ0v) is 13.8. The van der Waals surface area contributed by atoms with Gasteiger partial charge in [-0.15, -0.1) is 0 Å². The van der Waals surface area contributed by atoms with E-state index in [4.69, 9.17) is 4.74 Å². The van der Waals surface area contributed by atoms with Crippen LogP contribution in [0.15, 0.2) is 24.3 Å². The molecule has 2 unspecified atom stereocenters. The van der Waals surface area contributed by atoms with E-state index in [0.29, 0.717) is 5.92 Å². The summed E-state index contributed by atoms with van der Waals surface area (Å²) in [5, 5.41) is 2.80. The molecule has 1 aliphatic rings.